The van der Waals surface area contributed by atoms with Crippen molar-refractivity contribution in [1.82, 2.24) is 4.90 Å². The van der Waals surface area contributed by atoms with Crippen LogP contribution < -0.4 is 9.47 Å². The first-order chi connectivity index (χ1) is 15.7. The first kappa shape index (κ1) is 23.5. The zero-order chi connectivity index (χ0) is 23.6. The molecule has 0 aromatic heterocycles. The van der Waals surface area contributed by atoms with Crippen molar-refractivity contribution in [3.63, 3.8) is 0 Å². The molecule has 1 amide bonds. The normalized spacial score (nSPS) is 15.7. The topological polar surface area (TPSA) is 38.8 Å². The van der Waals surface area contributed by atoms with Crippen LogP contribution in [0.25, 0.3) is 0 Å². The number of rotatable bonds is 5. The van der Waals surface area contributed by atoms with Gasteiger partial charge in [0.1, 0.15) is 23.7 Å². The van der Waals surface area contributed by atoms with E-state index in [4.69, 9.17) is 32.7 Å². The number of halogens is 2. The number of benzene rings is 3. The van der Waals surface area contributed by atoms with Gasteiger partial charge in [0.2, 0.25) is 0 Å². The van der Waals surface area contributed by atoms with E-state index in [1.165, 1.54) is 5.56 Å². The number of fused-ring (bicyclic) bond motifs is 1. The maximum Gasteiger partial charge on any atom is 0.256 e. The average molecular weight is 484 g/mol. The molecule has 1 heterocycles. The molecule has 1 aliphatic rings. The van der Waals surface area contributed by atoms with E-state index in [1.807, 2.05) is 62.1 Å². The molecule has 0 aliphatic carbocycles. The monoisotopic (exact) mass is 483 g/mol. The van der Waals surface area contributed by atoms with Crippen LogP contribution in [0.4, 0.5) is 0 Å². The van der Waals surface area contributed by atoms with Gasteiger partial charge in [0.05, 0.1) is 21.7 Å². The molecule has 0 radical (unpaired) electrons. The van der Waals surface area contributed by atoms with E-state index in [-0.39, 0.29) is 22.6 Å². The van der Waals surface area contributed by atoms with Crippen molar-refractivity contribution in [2.75, 3.05) is 6.61 Å². The third kappa shape index (κ3) is 5.63. The smallest absolute Gasteiger partial charge is 0.256 e. The van der Waals surface area contributed by atoms with Gasteiger partial charge in [0.25, 0.3) is 5.91 Å². The Morgan fingerprint density at radius 1 is 0.939 bits per heavy atom. The SMILES string of the molecule is CC(C)(C)Oc1ccc(OCC2Cc3ccccc3CN2C(=O)c2cccc(Cl)c2Cl)cc1. The molecule has 1 atom stereocenters. The Balaban J connectivity index is 1.54. The predicted molar refractivity (Wildman–Crippen MR) is 133 cm³/mol. The second-order valence-electron chi connectivity index (χ2n) is 9.16. The predicted octanol–water partition coefficient (Wildman–Crippen LogP) is 6.82. The van der Waals surface area contributed by atoms with Gasteiger partial charge in [0.15, 0.2) is 0 Å². The van der Waals surface area contributed by atoms with E-state index >= 15 is 0 Å². The van der Waals surface area contributed by atoms with Crippen LogP contribution in [0.3, 0.4) is 0 Å². The van der Waals surface area contributed by atoms with Gasteiger partial charge >= 0.3 is 0 Å². The molecule has 0 saturated heterocycles. The summed E-state index contributed by atoms with van der Waals surface area (Å²) in [5, 5.41) is 0.641. The minimum absolute atomic E-state index is 0.145. The summed E-state index contributed by atoms with van der Waals surface area (Å²) in [6, 6.07) is 20.7. The molecule has 0 bridgehead atoms. The second kappa shape index (κ2) is 9.66. The van der Waals surface area contributed by atoms with Gasteiger partial charge in [-0.15, -0.1) is 0 Å². The molecule has 1 unspecified atom stereocenters. The van der Waals surface area contributed by atoms with Crippen LogP contribution in [-0.4, -0.2) is 29.1 Å². The van der Waals surface area contributed by atoms with Crippen molar-refractivity contribution >= 4 is 29.1 Å². The largest absolute Gasteiger partial charge is 0.491 e. The highest BCUT2D eigenvalue weighted by Crippen LogP contribution is 2.31. The summed E-state index contributed by atoms with van der Waals surface area (Å²) in [4.78, 5) is 15.3. The van der Waals surface area contributed by atoms with Gasteiger partial charge in [-0.1, -0.05) is 53.5 Å². The highest BCUT2D eigenvalue weighted by molar-refractivity contribution is 6.43. The first-order valence-electron chi connectivity index (χ1n) is 10.9. The van der Waals surface area contributed by atoms with Crippen molar-refractivity contribution < 1.29 is 14.3 Å². The third-order valence-electron chi connectivity index (χ3n) is 5.49. The summed E-state index contributed by atoms with van der Waals surface area (Å²) >= 11 is 12.5. The maximum absolute atomic E-state index is 13.5. The molecule has 4 nitrogen and oxygen atoms in total. The number of nitrogens with zero attached hydrogens (tertiary/aromatic N) is 1. The highest BCUT2D eigenvalue weighted by Gasteiger charge is 2.32. The highest BCUT2D eigenvalue weighted by atomic mass is 35.5. The Bertz CT molecular complexity index is 1140. The van der Waals surface area contributed by atoms with Crippen LogP contribution in [0.5, 0.6) is 11.5 Å². The fourth-order valence-corrected chi connectivity index (χ4v) is 4.33. The van der Waals surface area contributed by atoms with Gasteiger partial charge in [-0.2, -0.15) is 0 Å². The van der Waals surface area contributed by atoms with Gasteiger partial charge < -0.3 is 14.4 Å². The van der Waals surface area contributed by atoms with Crippen LogP contribution in [-0.2, 0) is 13.0 Å². The fraction of sp³-hybridized carbons (Fsp3) is 0.296. The minimum Gasteiger partial charge on any atom is -0.491 e. The molecule has 3 aromatic carbocycles. The minimum atomic E-state index is -0.264. The summed E-state index contributed by atoms with van der Waals surface area (Å²) in [6.07, 6.45) is 0.700. The molecule has 6 heteroatoms. The Kier molecular flexibility index (Phi) is 6.87. The average Bonchev–Trinajstić information content (AvgIpc) is 2.78. The molecule has 4 rings (SSSR count). The van der Waals surface area contributed by atoms with Gasteiger partial charge in [0, 0.05) is 6.54 Å². The molecule has 1 aliphatic heterocycles. The number of carbonyl (C=O) groups excluding carboxylic acids is 1. The van der Waals surface area contributed by atoms with Crippen LogP contribution >= 0.6 is 23.2 Å². The lowest BCUT2D eigenvalue weighted by molar-refractivity contribution is 0.0566. The summed E-state index contributed by atoms with van der Waals surface area (Å²) < 4.78 is 12.0. The zero-order valence-corrected chi connectivity index (χ0v) is 20.5. The molecule has 0 spiro atoms. The van der Waals surface area contributed by atoms with Crippen molar-refractivity contribution in [2.45, 2.75) is 45.4 Å². The van der Waals surface area contributed by atoms with Crippen molar-refractivity contribution in [3.05, 3.63) is 93.5 Å². The molecule has 33 heavy (non-hydrogen) atoms. The molecule has 3 aromatic rings. The molecular weight excluding hydrogens is 457 g/mol. The molecule has 0 fully saturated rings. The van der Waals surface area contributed by atoms with Crippen LogP contribution in [0.1, 0.15) is 42.3 Å². The molecule has 0 N–H and O–H groups in total. The number of carbonyl (C=O) groups is 1. The van der Waals surface area contributed by atoms with E-state index in [1.54, 1.807) is 18.2 Å². The standard InChI is InChI=1S/C27H27Cl2NO3/c1-27(2,3)33-22-13-11-21(12-14-22)32-17-20-15-18-7-4-5-8-19(18)16-30(20)26(31)23-9-6-10-24(28)25(23)29/h4-14,20H,15-17H2,1-3H3. The summed E-state index contributed by atoms with van der Waals surface area (Å²) in [5.74, 6) is 1.36. The Morgan fingerprint density at radius 2 is 1.61 bits per heavy atom. The second-order valence-corrected chi connectivity index (χ2v) is 9.94. The number of ether oxygens (including phenoxy) is 2. The van der Waals surface area contributed by atoms with Gasteiger partial charge in [-0.3, -0.25) is 4.79 Å². The molecule has 172 valence electrons. The summed E-state index contributed by atoms with van der Waals surface area (Å²) in [6.45, 7) is 6.88. The fourth-order valence-electron chi connectivity index (χ4n) is 3.95. The van der Waals surface area contributed by atoms with E-state index in [2.05, 4.69) is 12.1 Å². The lowest BCUT2D eigenvalue weighted by atomic mass is 9.93. The van der Waals surface area contributed by atoms with Crippen LogP contribution in [0.2, 0.25) is 10.0 Å². The number of amides is 1. The van der Waals surface area contributed by atoms with Crippen molar-refractivity contribution in [3.8, 4) is 11.5 Å². The lowest BCUT2D eigenvalue weighted by Crippen LogP contribution is -2.47. The van der Waals surface area contributed by atoms with Gasteiger partial charge in [-0.05, 0) is 74.7 Å². The molecular formula is C27H27Cl2NO3. The zero-order valence-electron chi connectivity index (χ0n) is 19.0. The van der Waals surface area contributed by atoms with Crippen LogP contribution in [0.15, 0.2) is 66.7 Å². The number of hydrogen-bond donors (Lipinski definition) is 0. The Labute approximate surface area is 205 Å². The van der Waals surface area contributed by atoms with Gasteiger partial charge in [-0.25, -0.2) is 0 Å². The van der Waals surface area contributed by atoms with E-state index in [9.17, 15) is 4.79 Å². The molecule has 0 saturated carbocycles. The van der Waals surface area contributed by atoms with Crippen LogP contribution in [0, 0.1) is 0 Å². The van der Waals surface area contributed by atoms with E-state index < -0.39 is 0 Å². The van der Waals surface area contributed by atoms with Crippen molar-refractivity contribution in [2.24, 2.45) is 0 Å². The lowest BCUT2D eigenvalue weighted by Gasteiger charge is -2.37. The summed E-state index contributed by atoms with van der Waals surface area (Å²) in [7, 11) is 0. The van der Waals surface area contributed by atoms with Crippen molar-refractivity contribution in [1.29, 1.82) is 0 Å². The third-order valence-corrected chi connectivity index (χ3v) is 6.31. The maximum atomic E-state index is 13.5. The Morgan fingerprint density at radius 3 is 2.30 bits per heavy atom. The summed E-state index contributed by atoms with van der Waals surface area (Å²) in [5.41, 5.74) is 2.49. The Hall–Kier alpha value is -2.69. The van der Waals surface area contributed by atoms with E-state index in [0.29, 0.717) is 30.2 Å². The number of hydrogen-bond acceptors (Lipinski definition) is 3. The van der Waals surface area contributed by atoms with E-state index in [0.717, 1.165) is 17.1 Å². The quantitative estimate of drug-likeness (QED) is 0.399. The first-order valence-corrected chi connectivity index (χ1v) is 11.7.